The molecule has 0 amide bonds. The maximum absolute atomic E-state index is 6.11. The predicted molar refractivity (Wildman–Crippen MR) is 114 cm³/mol. The van der Waals surface area contributed by atoms with Crippen molar-refractivity contribution in [1.82, 2.24) is 9.97 Å². The molecule has 1 aliphatic carbocycles. The first-order valence-corrected chi connectivity index (χ1v) is 10.6. The van der Waals surface area contributed by atoms with Gasteiger partial charge in [-0.15, -0.1) is 0 Å². The SMILES string of the molecule is NCC1CCC(Cc2nc(NCc3ccccc3Br)nc(N)c2Br)CC1. The number of nitrogens with one attached hydrogen (secondary N) is 1. The Morgan fingerprint density at radius 3 is 2.42 bits per heavy atom. The Morgan fingerprint density at radius 1 is 1.04 bits per heavy atom. The Bertz CT molecular complexity index is 745. The quantitative estimate of drug-likeness (QED) is 0.563. The molecule has 3 rings (SSSR count). The standard InChI is InChI=1S/C19H25Br2N5/c20-15-4-2-1-3-14(15)11-24-19-25-16(17(21)18(23)26-19)9-12-5-7-13(10-22)8-6-12/h1-4,12-13H,5-11,22H2,(H3,23,24,25,26). The highest BCUT2D eigenvalue weighted by Gasteiger charge is 2.22. The van der Waals surface area contributed by atoms with Gasteiger partial charge in [-0.25, -0.2) is 4.98 Å². The topological polar surface area (TPSA) is 89.8 Å². The molecule has 26 heavy (non-hydrogen) atoms. The molecule has 0 bridgehead atoms. The summed E-state index contributed by atoms with van der Waals surface area (Å²) in [6.07, 6.45) is 5.77. The Kier molecular flexibility index (Phi) is 6.89. The third kappa shape index (κ3) is 4.96. The lowest BCUT2D eigenvalue weighted by molar-refractivity contribution is 0.277. The van der Waals surface area contributed by atoms with E-state index in [0.717, 1.165) is 33.2 Å². The Labute approximate surface area is 171 Å². The molecule has 140 valence electrons. The lowest BCUT2D eigenvalue weighted by Gasteiger charge is -2.27. The zero-order valence-electron chi connectivity index (χ0n) is 14.7. The average Bonchev–Trinajstić information content (AvgIpc) is 2.65. The highest BCUT2D eigenvalue weighted by molar-refractivity contribution is 9.11. The minimum Gasteiger partial charge on any atom is -0.383 e. The van der Waals surface area contributed by atoms with Crippen LogP contribution < -0.4 is 16.8 Å². The molecule has 1 aromatic carbocycles. The number of benzene rings is 1. The number of hydrogen-bond donors (Lipinski definition) is 3. The third-order valence-corrected chi connectivity index (χ3v) is 6.76. The number of nitrogen functional groups attached to an aromatic ring is 1. The maximum Gasteiger partial charge on any atom is 0.225 e. The third-order valence-electron chi connectivity index (χ3n) is 5.12. The summed E-state index contributed by atoms with van der Waals surface area (Å²) >= 11 is 7.13. The van der Waals surface area contributed by atoms with Gasteiger partial charge in [0.1, 0.15) is 5.82 Å². The van der Waals surface area contributed by atoms with Crippen LogP contribution in [0.4, 0.5) is 11.8 Å². The average molecular weight is 483 g/mol. The van der Waals surface area contributed by atoms with E-state index in [1.807, 2.05) is 18.2 Å². The summed E-state index contributed by atoms with van der Waals surface area (Å²) in [7, 11) is 0. The van der Waals surface area contributed by atoms with Gasteiger partial charge < -0.3 is 16.8 Å². The predicted octanol–water partition coefficient (Wildman–Crippen LogP) is 4.50. The molecule has 5 N–H and O–H groups in total. The summed E-state index contributed by atoms with van der Waals surface area (Å²) in [5.41, 5.74) is 14.0. The second kappa shape index (κ2) is 9.15. The summed E-state index contributed by atoms with van der Waals surface area (Å²) in [5.74, 6) is 2.39. The number of anilines is 2. The number of halogens is 2. The van der Waals surface area contributed by atoms with E-state index in [1.165, 1.54) is 25.7 Å². The Hall–Kier alpha value is -1.18. The molecular weight excluding hydrogens is 458 g/mol. The molecule has 1 heterocycles. The van der Waals surface area contributed by atoms with Crippen molar-refractivity contribution in [3.8, 4) is 0 Å². The van der Waals surface area contributed by atoms with Crippen LogP contribution in [0.15, 0.2) is 33.2 Å². The lowest BCUT2D eigenvalue weighted by atomic mass is 9.80. The fourth-order valence-electron chi connectivity index (χ4n) is 3.49. The normalized spacial score (nSPS) is 20.1. The fourth-order valence-corrected chi connectivity index (χ4v) is 4.25. The van der Waals surface area contributed by atoms with E-state index in [4.69, 9.17) is 16.5 Å². The van der Waals surface area contributed by atoms with E-state index in [0.29, 0.717) is 30.1 Å². The molecule has 1 fully saturated rings. The van der Waals surface area contributed by atoms with Gasteiger partial charge in [-0.1, -0.05) is 34.1 Å². The number of hydrogen-bond acceptors (Lipinski definition) is 5. The number of nitrogens with zero attached hydrogens (tertiary/aromatic N) is 2. The van der Waals surface area contributed by atoms with Crippen LogP contribution in [-0.4, -0.2) is 16.5 Å². The van der Waals surface area contributed by atoms with Gasteiger partial charge in [0.05, 0.1) is 10.2 Å². The van der Waals surface area contributed by atoms with E-state index in [2.05, 4.69) is 48.2 Å². The molecule has 2 aromatic rings. The van der Waals surface area contributed by atoms with Gasteiger partial charge in [-0.05, 0) is 78.0 Å². The van der Waals surface area contributed by atoms with Crippen molar-refractivity contribution < 1.29 is 0 Å². The van der Waals surface area contributed by atoms with E-state index in [9.17, 15) is 0 Å². The summed E-state index contributed by atoms with van der Waals surface area (Å²) in [4.78, 5) is 9.10. The van der Waals surface area contributed by atoms with Crippen LogP contribution in [0.5, 0.6) is 0 Å². The van der Waals surface area contributed by atoms with E-state index in [-0.39, 0.29) is 0 Å². The molecule has 0 spiro atoms. The molecule has 0 unspecified atom stereocenters. The van der Waals surface area contributed by atoms with Gasteiger partial charge in [0.15, 0.2) is 0 Å². The molecule has 1 saturated carbocycles. The molecule has 0 atom stereocenters. The molecule has 1 aliphatic rings. The first-order chi connectivity index (χ1) is 12.6. The van der Waals surface area contributed by atoms with Crippen LogP contribution in [0.2, 0.25) is 0 Å². The second-order valence-electron chi connectivity index (χ2n) is 6.96. The highest BCUT2D eigenvalue weighted by atomic mass is 79.9. The van der Waals surface area contributed by atoms with Crippen molar-refractivity contribution in [3.63, 3.8) is 0 Å². The monoisotopic (exact) mass is 481 g/mol. The number of aromatic nitrogens is 2. The van der Waals surface area contributed by atoms with Gasteiger partial charge in [-0.2, -0.15) is 4.98 Å². The lowest BCUT2D eigenvalue weighted by Crippen LogP contribution is -2.23. The molecule has 0 aliphatic heterocycles. The van der Waals surface area contributed by atoms with Crippen LogP contribution >= 0.6 is 31.9 Å². The van der Waals surface area contributed by atoms with Crippen molar-refractivity contribution in [1.29, 1.82) is 0 Å². The minimum atomic E-state index is 0.486. The number of nitrogens with two attached hydrogens (primary N) is 2. The van der Waals surface area contributed by atoms with Crippen LogP contribution in [0.25, 0.3) is 0 Å². The van der Waals surface area contributed by atoms with Gasteiger partial charge in [0.25, 0.3) is 0 Å². The van der Waals surface area contributed by atoms with Crippen LogP contribution in [0.1, 0.15) is 36.9 Å². The van der Waals surface area contributed by atoms with Gasteiger partial charge in [-0.3, -0.25) is 0 Å². The molecule has 7 heteroatoms. The van der Waals surface area contributed by atoms with E-state index in [1.54, 1.807) is 0 Å². The van der Waals surface area contributed by atoms with Crippen molar-refractivity contribution in [2.45, 2.75) is 38.6 Å². The molecule has 0 radical (unpaired) electrons. The second-order valence-corrected chi connectivity index (χ2v) is 8.61. The largest absolute Gasteiger partial charge is 0.383 e. The number of rotatable bonds is 6. The fraction of sp³-hybridized carbons (Fsp3) is 0.474. The van der Waals surface area contributed by atoms with Gasteiger partial charge in [0.2, 0.25) is 5.95 Å². The molecule has 5 nitrogen and oxygen atoms in total. The van der Waals surface area contributed by atoms with Crippen molar-refractivity contribution in [2.75, 3.05) is 17.6 Å². The smallest absolute Gasteiger partial charge is 0.225 e. The first-order valence-electron chi connectivity index (χ1n) is 9.06. The molecule has 0 saturated heterocycles. The maximum atomic E-state index is 6.11. The van der Waals surface area contributed by atoms with Crippen molar-refractivity contribution in [3.05, 3.63) is 44.5 Å². The van der Waals surface area contributed by atoms with Crippen LogP contribution in [-0.2, 0) is 13.0 Å². The van der Waals surface area contributed by atoms with Crippen LogP contribution in [0, 0.1) is 11.8 Å². The molecule has 1 aromatic heterocycles. The van der Waals surface area contributed by atoms with E-state index < -0.39 is 0 Å². The zero-order valence-corrected chi connectivity index (χ0v) is 17.9. The first kappa shape index (κ1) is 19.6. The summed E-state index contributed by atoms with van der Waals surface area (Å²) in [6, 6.07) is 8.11. The van der Waals surface area contributed by atoms with Crippen LogP contribution in [0.3, 0.4) is 0 Å². The minimum absolute atomic E-state index is 0.486. The van der Waals surface area contributed by atoms with Gasteiger partial charge >= 0.3 is 0 Å². The van der Waals surface area contributed by atoms with Crippen molar-refractivity contribution in [2.24, 2.45) is 17.6 Å². The van der Waals surface area contributed by atoms with E-state index >= 15 is 0 Å². The zero-order chi connectivity index (χ0) is 18.5. The Balaban J connectivity index is 1.68. The summed E-state index contributed by atoms with van der Waals surface area (Å²) in [6.45, 7) is 1.45. The highest BCUT2D eigenvalue weighted by Crippen LogP contribution is 2.33. The Morgan fingerprint density at radius 2 is 1.73 bits per heavy atom. The van der Waals surface area contributed by atoms with Crippen molar-refractivity contribution >= 4 is 43.6 Å². The summed E-state index contributed by atoms with van der Waals surface area (Å²) < 4.78 is 1.89. The van der Waals surface area contributed by atoms with Gasteiger partial charge in [0, 0.05) is 11.0 Å². The molecular formula is C19H25Br2N5. The summed E-state index contributed by atoms with van der Waals surface area (Å²) in [5, 5.41) is 3.29.